The van der Waals surface area contributed by atoms with Gasteiger partial charge in [-0.25, -0.2) is 0 Å². The van der Waals surface area contributed by atoms with Crippen LogP contribution in [0.2, 0.25) is 0 Å². The molecule has 1 aromatic carbocycles. The van der Waals surface area contributed by atoms with Gasteiger partial charge in [-0.3, -0.25) is 9.78 Å². The van der Waals surface area contributed by atoms with E-state index in [4.69, 9.17) is 4.74 Å². The molecule has 1 aliphatic rings. The number of ether oxygens (including phenoxy) is 1. The van der Waals surface area contributed by atoms with Gasteiger partial charge in [-0.05, 0) is 58.5 Å². The molecule has 20 heavy (non-hydrogen) atoms. The summed E-state index contributed by atoms with van der Waals surface area (Å²) in [7, 11) is 0. The number of aromatic nitrogens is 1. The molecule has 3 nitrogen and oxygen atoms in total. The second-order valence-corrected chi connectivity index (χ2v) is 5.80. The van der Waals surface area contributed by atoms with Gasteiger partial charge in [0.05, 0.1) is 6.20 Å². The number of nitrogens with zero attached hydrogens (tertiary/aromatic N) is 1. The molecule has 4 heteroatoms. The molecule has 3 rings (SSSR count). The third-order valence-electron chi connectivity index (χ3n) is 3.47. The van der Waals surface area contributed by atoms with E-state index < -0.39 is 0 Å². The molecule has 0 fully saturated rings. The zero-order valence-corrected chi connectivity index (χ0v) is 12.5. The smallest absolute Gasteiger partial charge is 0.200 e. The second-order valence-electron chi connectivity index (χ2n) is 4.89. The van der Waals surface area contributed by atoms with Gasteiger partial charge in [0, 0.05) is 16.2 Å². The number of benzene rings is 1. The van der Waals surface area contributed by atoms with Gasteiger partial charge >= 0.3 is 0 Å². The number of aryl methyl sites for hydroxylation is 2. The Labute approximate surface area is 126 Å². The number of ketones is 1. The molecule has 0 saturated carbocycles. The van der Waals surface area contributed by atoms with Crippen LogP contribution in [0.3, 0.4) is 0 Å². The molecule has 0 saturated heterocycles. The monoisotopic (exact) mass is 331 g/mol. The number of rotatable bonds is 4. The number of pyridine rings is 1. The van der Waals surface area contributed by atoms with Crippen molar-refractivity contribution < 1.29 is 9.53 Å². The molecule has 1 aliphatic carbocycles. The Bertz CT molecular complexity index is 655. The molecule has 0 aliphatic heterocycles. The molecule has 0 unspecified atom stereocenters. The molecule has 0 N–H and O–H groups in total. The van der Waals surface area contributed by atoms with Gasteiger partial charge < -0.3 is 4.74 Å². The SMILES string of the molecule is O=C(COc1cncc(Br)c1)c1ccc2c(c1)CCC2. The van der Waals surface area contributed by atoms with E-state index in [1.807, 2.05) is 12.1 Å². The van der Waals surface area contributed by atoms with Crippen LogP contribution in [0.15, 0.2) is 41.1 Å². The van der Waals surface area contributed by atoms with Crippen molar-refractivity contribution in [2.75, 3.05) is 6.61 Å². The Kier molecular flexibility index (Phi) is 3.83. The van der Waals surface area contributed by atoms with Crippen LogP contribution in [0.5, 0.6) is 5.75 Å². The lowest BCUT2D eigenvalue weighted by Gasteiger charge is -2.07. The average Bonchev–Trinajstić information content (AvgIpc) is 2.92. The standard InChI is InChI=1S/C16H14BrNO2/c17-14-7-15(9-18-8-14)20-10-16(19)13-5-4-11-2-1-3-12(11)6-13/h4-9H,1-3,10H2. The third-order valence-corrected chi connectivity index (χ3v) is 3.90. The topological polar surface area (TPSA) is 39.2 Å². The highest BCUT2D eigenvalue weighted by Gasteiger charge is 2.14. The van der Waals surface area contributed by atoms with Gasteiger partial charge in [0.2, 0.25) is 0 Å². The molecular weight excluding hydrogens is 318 g/mol. The lowest BCUT2D eigenvalue weighted by molar-refractivity contribution is 0.0921. The average molecular weight is 332 g/mol. The fourth-order valence-electron chi connectivity index (χ4n) is 2.45. The lowest BCUT2D eigenvalue weighted by atomic mass is 10.0. The van der Waals surface area contributed by atoms with Crippen molar-refractivity contribution in [3.8, 4) is 5.75 Å². The minimum absolute atomic E-state index is 0.000300. The van der Waals surface area contributed by atoms with Crippen LogP contribution in [0.25, 0.3) is 0 Å². The normalized spacial score (nSPS) is 13.1. The Morgan fingerprint density at radius 3 is 2.90 bits per heavy atom. The summed E-state index contributed by atoms with van der Waals surface area (Å²) in [4.78, 5) is 16.1. The predicted octanol–water partition coefficient (Wildman–Crippen LogP) is 3.59. The van der Waals surface area contributed by atoms with Crippen LogP contribution < -0.4 is 4.74 Å². The highest BCUT2D eigenvalue weighted by Crippen LogP contribution is 2.23. The molecule has 102 valence electrons. The summed E-state index contributed by atoms with van der Waals surface area (Å²) in [6.07, 6.45) is 6.67. The van der Waals surface area contributed by atoms with E-state index in [0.29, 0.717) is 5.75 Å². The van der Waals surface area contributed by atoms with Crippen molar-refractivity contribution in [2.45, 2.75) is 19.3 Å². The van der Waals surface area contributed by atoms with Gasteiger partial charge in [-0.1, -0.05) is 12.1 Å². The molecule has 0 spiro atoms. The first-order valence-corrected chi connectivity index (χ1v) is 7.40. The Morgan fingerprint density at radius 1 is 1.20 bits per heavy atom. The van der Waals surface area contributed by atoms with Gasteiger partial charge in [0.25, 0.3) is 0 Å². The maximum atomic E-state index is 12.1. The fraction of sp³-hybridized carbons (Fsp3) is 0.250. The van der Waals surface area contributed by atoms with Gasteiger partial charge in [0.1, 0.15) is 5.75 Å². The molecule has 2 aromatic rings. The van der Waals surface area contributed by atoms with Crippen molar-refractivity contribution in [1.82, 2.24) is 4.98 Å². The van der Waals surface area contributed by atoms with Gasteiger partial charge in [-0.15, -0.1) is 0 Å². The van der Waals surface area contributed by atoms with Crippen LogP contribution in [-0.4, -0.2) is 17.4 Å². The summed E-state index contributed by atoms with van der Waals surface area (Å²) in [5.74, 6) is 0.591. The van der Waals surface area contributed by atoms with Gasteiger partial charge in [-0.2, -0.15) is 0 Å². The number of carbonyl (C=O) groups excluding carboxylic acids is 1. The molecule has 1 aromatic heterocycles. The van der Waals surface area contributed by atoms with E-state index in [2.05, 4.69) is 27.0 Å². The zero-order chi connectivity index (χ0) is 13.9. The van der Waals surface area contributed by atoms with Crippen LogP contribution in [-0.2, 0) is 12.8 Å². The fourth-order valence-corrected chi connectivity index (χ4v) is 2.79. The van der Waals surface area contributed by atoms with Crippen LogP contribution in [0, 0.1) is 0 Å². The number of halogens is 1. The Morgan fingerprint density at radius 2 is 2.05 bits per heavy atom. The number of fused-ring (bicyclic) bond motifs is 1. The maximum absolute atomic E-state index is 12.1. The Balaban J connectivity index is 1.67. The van der Waals surface area contributed by atoms with E-state index in [1.165, 1.54) is 17.5 Å². The zero-order valence-electron chi connectivity index (χ0n) is 10.9. The second kappa shape index (κ2) is 5.75. The first kappa shape index (κ1) is 13.3. The van der Waals surface area contributed by atoms with Crippen molar-refractivity contribution in [2.24, 2.45) is 0 Å². The van der Waals surface area contributed by atoms with Gasteiger partial charge in [0.15, 0.2) is 12.4 Å². The first-order chi connectivity index (χ1) is 9.72. The van der Waals surface area contributed by atoms with Crippen molar-refractivity contribution in [3.63, 3.8) is 0 Å². The number of hydrogen-bond donors (Lipinski definition) is 0. The quantitative estimate of drug-likeness (QED) is 0.803. The summed E-state index contributed by atoms with van der Waals surface area (Å²) < 4.78 is 6.31. The molecule has 0 atom stereocenters. The Hall–Kier alpha value is -1.68. The summed E-state index contributed by atoms with van der Waals surface area (Å²) in [6.45, 7) is 0.0386. The van der Waals surface area contributed by atoms with Crippen molar-refractivity contribution >= 4 is 21.7 Å². The predicted molar refractivity (Wildman–Crippen MR) is 80.2 cm³/mol. The summed E-state index contributed by atoms with van der Waals surface area (Å²) in [5, 5.41) is 0. The highest BCUT2D eigenvalue weighted by molar-refractivity contribution is 9.10. The first-order valence-electron chi connectivity index (χ1n) is 6.61. The van der Waals surface area contributed by atoms with E-state index in [1.54, 1.807) is 18.5 Å². The summed E-state index contributed by atoms with van der Waals surface area (Å²) >= 11 is 3.32. The van der Waals surface area contributed by atoms with Crippen LogP contribution in [0.4, 0.5) is 0 Å². The van der Waals surface area contributed by atoms with E-state index >= 15 is 0 Å². The molecule has 0 radical (unpaired) electrons. The van der Waals surface area contributed by atoms with Crippen molar-refractivity contribution in [1.29, 1.82) is 0 Å². The molecule has 0 amide bonds. The lowest BCUT2D eigenvalue weighted by Crippen LogP contribution is -2.12. The number of Topliss-reactive ketones (excluding diaryl/α,β-unsaturated/α-hetero) is 1. The molecule has 0 bridgehead atoms. The van der Waals surface area contributed by atoms with Crippen molar-refractivity contribution in [3.05, 3.63) is 57.8 Å². The maximum Gasteiger partial charge on any atom is 0.200 e. The molecule has 1 heterocycles. The van der Waals surface area contributed by atoms with Crippen LogP contribution in [0.1, 0.15) is 27.9 Å². The number of hydrogen-bond acceptors (Lipinski definition) is 3. The number of carbonyl (C=O) groups is 1. The minimum atomic E-state index is -0.000300. The highest BCUT2D eigenvalue weighted by atomic mass is 79.9. The third kappa shape index (κ3) is 2.90. The van der Waals surface area contributed by atoms with Crippen LogP contribution >= 0.6 is 15.9 Å². The largest absolute Gasteiger partial charge is 0.484 e. The van der Waals surface area contributed by atoms with E-state index in [9.17, 15) is 4.79 Å². The van der Waals surface area contributed by atoms with E-state index in [0.717, 1.165) is 22.9 Å². The minimum Gasteiger partial charge on any atom is -0.484 e. The summed E-state index contributed by atoms with van der Waals surface area (Å²) in [6, 6.07) is 7.77. The molecular formula is C16H14BrNO2. The van der Waals surface area contributed by atoms with E-state index in [-0.39, 0.29) is 12.4 Å². The summed E-state index contributed by atoms with van der Waals surface area (Å²) in [5.41, 5.74) is 3.41.